The molecule has 2 aromatic heterocycles. The van der Waals surface area contributed by atoms with Crippen molar-refractivity contribution in [3.8, 4) is 17.1 Å². The predicted octanol–water partition coefficient (Wildman–Crippen LogP) is 4.27. The molecular weight excluding hydrogens is 346 g/mol. The van der Waals surface area contributed by atoms with E-state index in [0.717, 1.165) is 5.56 Å². The summed E-state index contributed by atoms with van der Waals surface area (Å²) in [6.07, 6.45) is -0.335. The van der Waals surface area contributed by atoms with Gasteiger partial charge in [-0.2, -0.15) is 9.61 Å². The zero-order valence-electron chi connectivity index (χ0n) is 13.1. The molecule has 0 bridgehead atoms. The molecule has 25 heavy (non-hydrogen) atoms. The van der Waals surface area contributed by atoms with Crippen LogP contribution in [0, 0.1) is 11.6 Å². The minimum atomic E-state index is -0.335. The molecule has 1 atom stereocenters. The Balaban J connectivity index is 1.63. The first-order valence-electron chi connectivity index (χ1n) is 7.50. The molecule has 0 fully saturated rings. The van der Waals surface area contributed by atoms with Crippen LogP contribution in [0.5, 0.6) is 5.75 Å². The Morgan fingerprint density at radius 1 is 0.960 bits per heavy atom. The van der Waals surface area contributed by atoms with Gasteiger partial charge < -0.3 is 4.74 Å². The van der Waals surface area contributed by atoms with Gasteiger partial charge in [0.15, 0.2) is 10.8 Å². The summed E-state index contributed by atoms with van der Waals surface area (Å²) in [5.74, 6) is 0.456. The van der Waals surface area contributed by atoms with Crippen LogP contribution in [-0.2, 0) is 0 Å². The summed E-state index contributed by atoms with van der Waals surface area (Å²) in [5.41, 5.74) is 0.720. The van der Waals surface area contributed by atoms with E-state index in [1.165, 1.54) is 35.6 Å². The highest BCUT2D eigenvalue weighted by molar-refractivity contribution is 7.16. The first-order valence-corrected chi connectivity index (χ1v) is 8.32. The Morgan fingerprint density at radius 3 is 2.28 bits per heavy atom. The van der Waals surface area contributed by atoms with Gasteiger partial charge in [0.2, 0.25) is 4.96 Å². The molecule has 0 saturated carbocycles. The molecule has 2 aromatic carbocycles. The lowest BCUT2D eigenvalue weighted by Crippen LogP contribution is -2.04. The standard InChI is InChI=1S/C17H12F2N4OS/c1-10(24-14-8-6-13(19)7-9-14)16-22-23-15(20-21-17(23)25-16)11-2-4-12(18)5-3-11/h2-10H,1H3/t10-/m1/s1. The molecule has 5 nitrogen and oxygen atoms in total. The Labute approximate surface area is 145 Å². The van der Waals surface area contributed by atoms with Crippen molar-refractivity contribution in [3.63, 3.8) is 0 Å². The van der Waals surface area contributed by atoms with E-state index in [9.17, 15) is 8.78 Å². The van der Waals surface area contributed by atoms with Crippen LogP contribution in [0.25, 0.3) is 16.3 Å². The van der Waals surface area contributed by atoms with Crippen LogP contribution in [0.3, 0.4) is 0 Å². The zero-order chi connectivity index (χ0) is 17.4. The lowest BCUT2D eigenvalue weighted by atomic mass is 10.2. The summed E-state index contributed by atoms with van der Waals surface area (Å²) in [6, 6.07) is 11.8. The number of halogens is 2. The number of nitrogens with zero attached hydrogens (tertiary/aromatic N) is 4. The first kappa shape index (κ1) is 15.6. The quantitative estimate of drug-likeness (QED) is 0.547. The van der Waals surface area contributed by atoms with Crippen molar-refractivity contribution in [3.05, 3.63) is 65.2 Å². The number of rotatable bonds is 4. The van der Waals surface area contributed by atoms with Crippen LogP contribution in [0.2, 0.25) is 0 Å². The highest BCUT2D eigenvalue weighted by Crippen LogP contribution is 2.28. The highest BCUT2D eigenvalue weighted by Gasteiger charge is 2.18. The Morgan fingerprint density at radius 2 is 1.60 bits per heavy atom. The smallest absolute Gasteiger partial charge is 0.235 e. The molecule has 0 amide bonds. The third-order valence-electron chi connectivity index (χ3n) is 3.58. The normalized spacial score (nSPS) is 12.4. The second-order valence-electron chi connectivity index (χ2n) is 5.38. The fourth-order valence-electron chi connectivity index (χ4n) is 2.34. The molecule has 2 heterocycles. The lowest BCUT2D eigenvalue weighted by molar-refractivity contribution is 0.225. The van der Waals surface area contributed by atoms with Gasteiger partial charge in [0.25, 0.3) is 0 Å². The fourth-order valence-corrected chi connectivity index (χ4v) is 3.16. The summed E-state index contributed by atoms with van der Waals surface area (Å²) >= 11 is 1.35. The third-order valence-corrected chi connectivity index (χ3v) is 4.64. The van der Waals surface area contributed by atoms with Crippen LogP contribution in [0.15, 0.2) is 48.5 Å². The molecule has 0 aliphatic carbocycles. The Bertz CT molecular complexity index is 1010. The van der Waals surface area contributed by atoms with E-state index in [1.807, 2.05) is 6.92 Å². The van der Waals surface area contributed by atoms with Crippen molar-refractivity contribution >= 4 is 16.3 Å². The number of aromatic nitrogens is 4. The second-order valence-corrected chi connectivity index (χ2v) is 6.37. The first-order chi connectivity index (χ1) is 12.1. The van der Waals surface area contributed by atoms with Crippen molar-refractivity contribution in [1.29, 1.82) is 0 Å². The molecule has 126 valence electrons. The van der Waals surface area contributed by atoms with Gasteiger partial charge in [-0.25, -0.2) is 8.78 Å². The van der Waals surface area contributed by atoms with Crippen molar-refractivity contribution in [2.75, 3.05) is 0 Å². The SMILES string of the molecule is C[C@@H](Oc1ccc(F)cc1)c1nn2c(-c3ccc(F)cc3)nnc2s1. The van der Waals surface area contributed by atoms with Crippen LogP contribution in [-0.4, -0.2) is 19.8 Å². The van der Waals surface area contributed by atoms with Crippen molar-refractivity contribution < 1.29 is 13.5 Å². The molecule has 4 aromatic rings. The molecule has 0 radical (unpaired) electrons. The number of ether oxygens (including phenoxy) is 1. The van der Waals surface area contributed by atoms with Crippen molar-refractivity contribution in [2.45, 2.75) is 13.0 Å². The average molecular weight is 358 g/mol. The number of fused-ring (bicyclic) bond motifs is 1. The van der Waals surface area contributed by atoms with E-state index in [1.54, 1.807) is 28.8 Å². The van der Waals surface area contributed by atoms with Gasteiger partial charge >= 0.3 is 0 Å². The van der Waals surface area contributed by atoms with E-state index < -0.39 is 0 Å². The molecule has 0 unspecified atom stereocenters. The van der Waals surface area contributed by atoms with Crippen LogP contribution >= 0.6 is 11.3 Å². The number of hydrogen-bond acceptors (Lipinski definition) is 5. The van der Waals surface area contributed by atoms with Gasteiger partial charge in [-0.15, -0.1) is 10.2 Å². The maximum Gasteiger partial charge on any atom is 0.235 e. The minimum absolute atomic E-state index is 0.315. The Hall–Kier alpha value is -2.87. The summed E-state index contributed by atoms with van der Waals surface area (Å²) in [4.78, 5) is 0.615. The van der Waals surface area contributed by atoms with Crippen molar-refractivity contribution in [1.82, 2.24) is 19.8 Å². The van der Waals surface area contributed by atoms with Gasteiger partial charge in [0.1, 0.15) is 23.5 Å². The van der Waals surface area contributed by atoms with E-state index in [0.29, 0.717) is 21.5 Å². The summed E-state index contributed by atoms with van der Waals surface area (Å²) in [6.45, 7) is 1.85. The molecule has 4 rings (SSSR count). The van der Waals surface area contributed by atoms with E-state index in [-0.39, 0.29) is 17.7 Å². The highest BCUT2D eigenvalue weighted by atomic mass is 32.1. The molecule has 0 spiro atoms. The third kappa shape index (κ3) is 3.08. The molecular formula is C17H12F2N4OS. The summed E-state index contributed by atoms with van der Waals surface area (Å²) in [5, 5.41) is 13.4. The number of benzene rings is 2. The molecule has 0 N–H and O–H groups in total. The lowest BCUT2D eigenvalue weighted by Gasteiger charge is -2.11. The monoisotopic (exact) mass is 358 g/mol. The van der Waals surface area contributed by atoms with E-state index in [2.05, 4.69) is 15.3 Å². The van der Waals surface area contributed by atoms with Crippen molar-refractivity contribution in [2.24, 2.45) is 0 Å². The summed E-state index contributed by atoms with van der Waals surface area (Å²) < 4.78 is 33.5. The fraction of sp³-hybridized carbons (Fsp3) is 0.118. The van der Waals surface area contributed by atoms with Gasteiger partial charge in [0.05, 0.1) is 0 Å². The Kier molecular flexibility index (Phi) is 3.89. The van der Waals surface area contributed by atoms with E-state index >= 15 is 0 Å². The molecule has 0 aliphatic heterocycles. The van der Waals surface area contributed by atoms with Gasteiger partial charge in [-0.05, 0) is 55.5 Å². The van der Waals surface area contributed by atoms with E-state index in [4.69, 9.17) is 4.74 Å². The molecule has 0 aliphatic rings. The maximum absolute atomic E-state index is 13.1. The van der Waals surface area contributed by atoms with Gasteiger partial charge in [-0.1, -0.05) is 11.3 Å². The van der Waals surface area contributed by atoms with Crippen LogP contribution in [0.1, 0.15) is 18.0 Å². The molecule has 8 heteroatoms. The second kappa shape index (κ2) is 6.21. The van der Waals surface area contributed by atoms with Gasteiger partial charge in [0, 0.05) is 5.56 Å². The zero-order valence-corrected chi connectivity index (χ0v) is 13.9. The number of hydrogen-bond donors (Lipinski definition) is 0. The average Bonchev–Trinajstić information content (AvgIpc) is 3.18. The predicted molar refractivity (Wildman–Crippen MR) is 89.5 cm³/mol. The van der Waals surface area contributed by atoms with Crippen LogP contribution < -0.4 is 4.74 Å². The largest absolute Gasteiger partial charge is 0.483 e. The minimum Gasteiger partial charge on any atom is -0.483 e. The van der Waals surface area contributed by atoms with Crippen LogP contribution in [0.4, 0.5) is 8.78 Å². The van der Waals surface area contributed by atoms with Gasteiger partial charge in [-0.3, -0.25) is 0 Å². The molecule has 0 saturated heterocycles. The summed E-state index contributed by atoms with van der Waals surface area (Å²) in [7, 11) is 0. The topological polar surface area (TPSA) is 52.3 Å². The maximum atomic E-state index is 13.1.